The van der Waals surface area contributed by atoms with Crippen molar-refractivity contribution in [2.75, 3.05) is 0 Å². The van der Waals surface area contributed by atoms with Crippen LogP contribution in [0, 0.1) is 4.91 Å². The molecule has 9 heteroatoms. The second-order valence-electron chi connectivity index (χ2n) is 2.59. The van der Waals surface area contributed by atoms with Gasteiger partial charge in [-0.2, -0.15) is 0 Å². The molecule has 0 aromatic carbocycles. The number of amides is 4. The molecule has 2 rings (SSSR count). The van der Waals surface area contributed by atoms with Gasteiger partial charge in [0.1, 0.15) is 4.91 Å². The van der Waals surface area contributed by atoms with Gasteiger partial charge in [-0.3, -0.25) is 0 Å². The predicted molar refractivity (Wildman–Crippen MR) is 35.0 cm³/mol. The van der Waals surface area contributed by atoms with E-state index in [9.17, 15) is 14.5 Å². The lowest BCUT2D eigenvalue weighted by molar-refractivity contribution is -0.891. The molecule has 4 N–H and O–H groups in total. The highest BCUT2D eigenvalue weighted by Gasteiger charge is 2.54. The second kappa shape index (κ2) is 2.21. The Morgan fingerprint density at radius 2 is 2.00 bits per heavy atom. The molecule has 0 aliphatic carbocycles. The summed E-state index contributed by atoms with van der Waals surface area (Å²) in [5.41, 5.74) is 0. The van der Waals surface area contributed by atoms with Crippen LogP contribution in [0.3, 0.4) is 0 Å². The van der Waals surface area contributed by atoms with Gasteiger partial charge in [0, 0.05) is 5.01 Å². The monoisotopic (exact) mass is 188 g/mol. The largest absolute Gasteiger partial charge is 0.383 e. The third kappa shape index (κ3) is 0.931. The molecule has 0 radical (unpaired) electrons. The van der Waals surface area contributed by atoms with Crippen molar-refractivity contribution in [1.82, 2.24) is 21.0 Å². The van der Waals surface area contributed by atoms with Crippen molar-refractivity contribution in [3.63, 3.8) is 0 Å². The van der Waals surface area contributed by atoms with Gasteiger partial charge in [0.25, 0.3) is 0 Å². The molecule has 2 fully saturated rings. The maximum absolute atomic E-state index is 11.0. The zero-order valence-electron chi connectivity index (χ0n) is 6.22. The van der Waals surface area contributed by atoms with E-state index in [1.165, 1.54) is 0 Å². The Labute approximate surface area is 71.2 Å². The highest BCUT2D eigenvalue weighted by atomic mass is 16.7. The summed E-state index contributed by atoms with van der Waals surface area (Å²) >= 11 is 0. The summed E-state index contributed by atoms with van der Waals surface area (Å²) < 4.78 is 0. The van der Waals surface area contributed by atoms with Crippen LogP contribution < -0.4 is 16.0 Å². The van der Waals surface area contributed by atoms with Gasteiger partial charge in [0.2, 0.25) is 6.17 Å². The smallest absolute Gasteiger partial charge is 0.314 e. The zero-order valence-corrected chi connectivity index (χ0v) is 6.22. The zero-order chi connectivity index (χ0) is 9.59. The van der Waals surface area contributed by atoms with Gasteiger partial charge in [0.05, 0.1) is 0 Å². The molecule has 0 bridgehead atoms. The maximum Gasteiger partial charge on any atom is 0.383 e. The summed E-state index contributed by atoms with van der Waals surface area (Å²) in [6.07, 6.45) is -1.58. The average Bonchev–Trinajstić information content (AvgIpc) is 2.41. The van der Waals surface area contributed by atoms with Crippen LogP contribution in [0.4, 0.5) is 9.59 Å². The van der Waals surface area contributed by atoms with Crippen molar-refractivity contribution in [3.05, 3.63) is 4.91 Å². The van der Waals surface area contributed by atoms with E-state index in [0.29, 0.717) is 5.01 Å². The molecule has 70 valence electrons. The highest BCUT2D eigenvalue weighted by Crippen LogP contribution is 2.12. The first kappa shape index (κ1) is 7.58. The maximum atomic E-state index is 11.0. The number of urea groups is 2. The molecule has 0 aromatic heterocycles. The number of hydrazine groups is 1. The van der Waals surface area contributed by atoms with E-state index in [0.717, 1.165) is 0 Å². The number of carbonyl (C=O) groups excluding carboxylic acids is 2. The quantitative estimate of drug-likeness (QED) is 0.358. The minimum Gasteiger partial charge on any atom is -0.314 e. The Morgan fingerprint density at radius 3 is 2.62 bits per heavy atom. The fourth-order valence-electron chi connectivity index (χ4n) is 1.31. The SMILES string of the molecule is O=C1NC2NC(=O)N([N+](=O)O)C2N1. The summed E-state index contributed by atoms with van der Waals surface area (Å²) in [6, 6.07) is -1.29. The summed E-state index contributed by atoms with van der Waals surface area (Å²) in [5, 5.41) is 15.2. The van der Waals surface area contributed by atoms with E-state index in [4.69, 9.17) is 5.21 Å². The topological polar surface area (TPSA) is 114 Å². The predicted octanol–water partition coefficient (Wildman–Crippen LogP) is -1.94. The number of nitrogens with zero attached hydrogens (tertiary/aromatic N) is 2. The molecule has 0 spiro atoms. The first-order valence-corrected chi connectivity index (χ1v) is 3.42. The molecule has 2 unspecified atom stereocenters. The van der Waals surface area contributed by atoms with Crippen molar-refractivity contribution in [3.8, 4) is 0 Å². The van der Waals surface area contributed by atoms with Gasteiger partial charge in [-0.1, -0.05) is 0 Å². The lowest BCUT2D eigenvalue weighted by Gasteiger charge is -2.05. The molecule has 4 amide bonds. The summed E-state index contributed by atoms with van der Waals surface area (Å²) in [6.45, 7) is 0. The summed E-state index contributed by atoms with van der Waals surface area (Å²) in [4.78, 5) is 32.2. The number of nitrogens with one attached hydrogen (secondary N) is 3. The molecular weight excluding hydrogens is 182 g/mol. The molecule has 13 heavy (non-hydrogen) atoms. The van der Waals surface area contributed by atoms with Gasteiger partial charge in [-0.15, -0.1) is 0 Å². The Hall–Kier alpha value is -2.06. The van der Waals surface area contributed by atoms with Crippen LogP contribution in [-0.2, 0) is 0 Å². The normalized spacial score (nSPS) is 30.6. The van der Waals surface area contributed by atoms with E-state index < -0.39 is 29.4 Å². The molecule has 0 saturated carbocycles. The van der Waals surface area contributed by atoms with Crippen molar-refractivity contribution < 1.29 is 19.8 Å². The van der Waals surface area contributed by atoms with Crippen LogP contribution in [0.25, 0.3) is 0 Å². The number of hydrogen-bond acceptors (Lipinski definition) is 3. The minimum atomic E-state index is -0.887. The fourth-order valence-corrected chi connectivity index (χ4v) is 1.31. The number of carbonyl (C=O) groups is 2. The number of hydrogen-bond donors (Lipinski definition) is 4. The third-order valence-electron chi connectivity index (χ3n) is 1.82. The van der Waals surface area contributed by atoms with E-state index >= 15 is 0 Å². The van der Waals surface area contributed by atoms with Crippen molar-refractivity contribution in [1.29, 1.82) is 0 Å². The average molecular weight is 188 g/mol. The van der Waals surface area contributed by atoms with Gasteiger partial charge in [-0.25, -0.2) is 14.8 Å². The number of rotatable bonds is 1. The lowest BCUT2D eigenvalue weighted by Crippen LogP contribution is -2.47. The van der Waals surface area contributed by atoms with Crippen LogP contribution in [0.15, 0.2) is 0 Å². The molecule has 2 aliphatic heterocycles. The standard InChI is InChI=1S/C4H5N5O4/c10-3-5-1-2(7-3)8(9(12)13)4(11)6-1/h1-2H,(H3-,5,6,7,10,11,12,13)/p+1. The molecule has 9 nitrogen and oxygen atoms in total. The minimum absolute atomic E-state index is 0.447. The highest BCUT2D eigenvalue weighted by molar-refractivity contribution is 5.83. The number of fused-ring (bicyclic) bond motifs is 1. The van der Waals surface area contributed by atoms with Crippen LogP contribution in [0.2, 0.25) is 0 Å². The fraction of sp³-hybridized carbons (Fsp3) is 0.500. The Morgan fingerprint density at radius 1 is 1.31 bits per heavy atom. The summed E-state index contributed by atoms with van der Waals surface area (Å²) in [5.74, 6) is 0. The Bertz CT molecular complexity index is 303. The van der Waals surface area contributed by atoms with Crippen LogP contribution >= 0.6 is 0 Å². The van der Waals surface area contributed by atoms with Crippen molar-refractivity contribution in [2.24, 2.45) is 0 Å². The third-order valence-corrected chi connectivity index (χ3v) is 1.82. The second-order valence-corrected chi connectivity index (χ2v) is 2.59. The first-order chi connectivity index (χ1) is 6.09. The Kier molecular flexibility index (Phi) is 1.29. The lowest BCUT2D eigenvalue weighted by atomic mass is 10.4. The van der Waals surface area contributed by atoms with Crippen LogP contribution in [0.1, 0.15) is 0 Å². The van der Waals surface area contributed by atoms with Crippen LogP contribution in [0.5, 0.6) is 0 Å². The first-order valence-electron chi connectivity index (χ1n) is 3.42. The van der Waals surface area contributed by atoms with Crippen molar-refractivity contribution in [2.45, 2.75) is 12.3 Å². The van der Waals surface area contributed by atoms with Gasteiger partial charge in [-0.05, 0) is 0 Å². The van der Waals surface area contributed by atoms with Gasteiger partial charge in [0.15, 0.2) is 6.17 Å². The van der Waals surface area contributed by atoms with Gasteiger partial charge >= 0.3 is 17.1 Å². The van der Waals surface area contributed by atoms with E-state index in [2.05, 4.69) is 16.0 Å². The molecule has 2 aliphatic rings. The molecule has 2 saturated heterocycles. The van der Waals surface area contributed by atoms with Gasteiger partial charge < -0.3 is 16.0 Å². The molecular formula is C4H6N5O4+. The van der Waals surface area contributed by atoms with Crippen LogP contribution in [-0.4, -0.2) is 39.6 Å². The molecule has 0 aromatic rings. The van der Waals surface area contributed by atoms with E-state index in [1.807, 2.05) is 0 Å². The van der Waals surface area contributed by atoms with E-state index in [1.54, 1.807) is 0 Å². The van der Waals surface area contributed by atoms with E-state index in [-0.39, 0.29) is 0 Å². The Balaban J connectivity index is 2.24. The summed E-state index contributed by atoms with van der Waals surface area (Å²) in [7, 11) is 0. The molecule has 2 atom stereocenters. The van der Waals surface area contributed by atoms with Crippen molar-refractivity contribution >= 4 is 12.1 Å². The molecule has 2 heterocycles.